The first-order chi connectivity index (χ1) is 12.1. The molecule has 0 heterocycles. The van der Waals surface area contributed by atoms with Crippen LogP contribution in [-0.4, -0.2) is 17.4 Å². The Hall–Kier alpha value is -1.47. The van der Waals surface area contributed by atoms with Crippen molar-refractivity contribution in [3.05, 3.63) is 91.0 Å². The fraction of sp³-hybridized carbons (Fsp3) is 0.182. The van der Waals surface area contributed by atoms with Crippen molar-refractivity contribution < 1.29 is 5.11 Å². The molecule has 3 rings (SSSR count). The quantitative estimate of drug-likeness (QED) is 0.584. The molecule has 0 aromatic heterocycles. The van der Waals surface area contributed by atoms with Gasteiger partial charge in [0.15, 0.2) is 0 Å². The molecule has 3 aromatic rings. The van der Waals surface area contributed by atoms with E-state index in [0.717, 1.165) is 12.6 Å². The Labute approximate surface area is 158 Å². The monoisotopic (exact) mass is 414 g/mol. The summed E-state index contributed by atoms with van der Waals surface area (Å²) in [6.07, 6.45) is 1.28. The van der Waals surface area contributed by atoms with Gasteiger partial charge in [0.1, 0.15) is 0 Å². The minimum atomic E-state index is -2.84. The van der Waals surface area contributed by atoms with Crippen LogP contribution in [-0.2, 0) is 0 Å². The molecule has 0 amide bonds. The molecule has 3 aromatic carbocycles. The Balaban J connectivity index is 2.36. The second kappa shape index (κ2) is 7.41. The number of aliphatic hydroxyl groups excluding tert-OH is 1. The number of hydrogen-bond acceptors (Lipinski definition) is 1. The minimum absolute atomic E-state index is 0.338. The molecule has 3 heteroatoms. The maximum absolute atomic E-state index is 10.1. The summed E-state index contributed by atoms with van der Waals surface area (Å²) in [4.78, 5) is 0. The van der Waals surface area contributed by atoms with Gasteiger partial charge in [-0.3, -0.25) is 0 Å². The van der Waals surface area contributed by atoms with Gasteiger partial charge >= 0.3 is 158 Å². The standard InChI is InChI=1S/C22H24BrOP/c1-19(24)17-18-25(23,20-11-5-2-6-12-20,21-13-7-3-8-14-21)22-15-9-4-10-16-22/h2-16,19,24H,17-18H2,1H3. The van der Waals surface area contributed by atoms with E-state index in [2.05, 4.69) is 106 Å². The molecule has 0 saturated heterocycles. The van der Waals surface area contributed by atoms with Gasteiger partial charge in [-0.1, -0.05) is 0 Å². The molecule has 1 N–H and O–H groups in total. The summed E-state index contributed by atoms with van der Waals surface area (Å²) in [7, 11) is 0. The van der Waals surface area contributed by atoms with Gasteiger partial charge in [-0.25, -0.2) is 0 Å². The van der Waals surface area contributed by atoms with Crippen LogP contribution in [0.1, 0.15) is 13.3 Å². The molecule has 130 valence electrons. The zero-order chi connectivity index (χ0) is 17.8. The van der Waals surface area contributed by atoms with E-state index in [9.17, 15) is 5.11 Å². The number of benzene rings is 3. The van der Waals surface area contributed by atoms with Crippen LogP contribution >= 0.6 is 20.8 Å². The summed E-state index contributed by atoms with van der Waals surface area (Å²) in [6, 6.07) is 32.1. The fourth-order valence-corrected chi connectivity index (χ4v) is 11.1. The van der Waals surface area contributed by atoms with Crippen LogP contribution in [0.15, 0.2) is 91.0 Å². The molecule has 1 atom stereocenters. The first-order valence-electron chi connectivity index (χ1n) is 8.63. The van der Waals surface area contributed by atoms with E-state index >= 15 is 0 Å². The average Bonchev–Trinajstić information content (AvgIpc) is 2.68. The van der Waals surface area contributed by atoms with E-state index in [-0.39, 0.29) is 6.10 Å². The van der Waals surface area contributed by atoms with Crippen LogP contribution in [0.4, 0.5) is 0 Å². The molecule has 0 aliphatic rings. The Morgan fingerprint density at radius 1 is 0.720 bits per heavy atom. The fourth-order valence-electron chi connectivity index (χ4n) is 3.48. The molecule has 1 nitrogen and oxygen atoms in total. The second-order valence-electron chi connectivity index (χ2n) is 6.55. The number of rotatable bonds is 6. The van der Waals surface area contributed by atoms with Crippen molar-refractivity contribution in [1.29, 1.82) is 0 Å². The van der Waals surface area contributed by atoms with Crippen molar-refractivity contribution in [2.75, 3.05) is 6.16 Å². The number of hydrogen-bond donors (Lipinski definition) is 1. The molecular formula is C22H24BrOP. The van der Waals surface area contributed by atoms with Gasteiger partial charge in [-0.2, -0.15) is 0 Å². The predicted molar refractivity (Wildman–Crippen MR) is 115 cm³/mol. The number of aliphatic hydroxyl groups is 1. The van der Waals surface area contributed by atoms with E-state index in [4.69, 9.17) is 0 Å². The van der Waals surface area contributed by atoms with Gasteiger partial charge in [0, 0.05) is 0 Å². The van der Waals surface area contributed by atoms with Crippen LogP contribution in [0.25, 0.3) is 0 Å². The molecule has 0 aliphatic heterocycles. The molecular weight excluding hydrogens is 391 g/mol. The molecule has 0 radical (unpaired) electrons. The van der Waals surface area contributed by atoms with Crippen molar-refractivity contribution in [2.45, 2.75) is 19.4 Å². The van der Waals surface area contributed by atoms with Crippen LogP contribution in [0, 0.1) is 0 Å². The molecule has 0 saturated carbocycles. The number of halogens is 1. The molecule has 1 unspecified atom stereocenters. The zero-order valence-corrected chi connectivity index (χ0v) is 16.9. The van der Waals surface area contributed by atoms with Gasteiger partial charge in [0.05, 0.1) is 0 Å². The SMILES string of the molecule is CC(O)CCP(Br)(c1ccccc1)(c1ccccc1)c1ccccc1. The first-order valence-corrected chi connectivity index (χ1v) is 13.1. The third kappa shape index (κ3) is 3.31. The first kappa shape index (κ1) is 18.3. The molecule has 0 fully saturated rings. The summed E-state index contributed by atoms with van der Waals surface area (Å²) in [5, 5.41) is 11.1. The van der Waals surface area contributed by atoms with Gasteiger partial charge in [0.25, 0.3) is 0 Å². The second-order valence-corrected chi connectivity index (χ2v) is 15.6. The van der Waals surface area contributed by atoms with E-state index in [1.165, 1.54) is 15.9 Å². The Kier molecular flexibility index (Phi) is 5.43. The summed E-state index contributed by atoms with van der Waals surface area (Å²) >= 11 is 4.37. The van der Waals surface area contributed by atoms with Gasteiger partial charge in [0.2, 0.25) is 0 Å². The molecule has 0 bridgehead atoms. The average molecular weight is 415 g/mol. The summed E-state index contributed by atoms with van der Waals surface area (Å²) in [5.74, 6) is 0. The van der Waals surface area contributed by atoms with Crippen LogP contribution in [0.3, 0.4) is 0 Å². The van der Waals surface area contributed by atoms with Gasteiger partial charge < -0.3 is 0 Å². The zero-order valence-electron chi connectivity index (χ0n) is 14.4. The molecule has 25 heavy (non-hydrogen) atoms. The van der Waals surface area contributed by atoms with E-state index in [1.807, 2.05) is 6.92 Å². The van der Waals surface area contributed by atoms with Crippen molar-refractivity contribution in [3.63, 3.8) is 0 Å². The Morgan fingerprint density at radius 2 is 1.04 bits per heavy atom. The third-order valence-corrected chi connectivity index (χ3v) is 14.8. The maximum atomic E-state index is 10.1. The van der Waals surface area contributed by atoms with Crippen molar-refractivity contribution in [2.24, 2.45) is 0 Å². The Morgan fingerprint density at radius 3 is 1.32 bits per heavy atom. The van der Waals surface area contributed by atoms with Gasteiger partial charge in [-0.05, 0) is 0 Å². The molecule has 0 aliphatic carbocycles. The topological polar surface area (TPSA) is 20.2 Å². The summed E-state index contributed by atoms with van der Waals surface area (Å²) < 4.78 is 0. The third-order valence-electron chi connectivity index (χ3n) is 4.85. The van der Waals surface area contributed by atoms with Crippen LogP contribution in [0.5, 0.6) is 0 Å². The van der Waals surface area contributed by atoms with E-state index in [0.29, 0.717) is 0 Å². The van der Waals surface area contributed by atoms with Crippen molar-refractivity contribution in [1.82, 2.24) is 0 Å². The summed E-state index contributed by atoms with van der Waals surface area (Å²) in [6.45, 7) is 1.87. The normalized spacial score (nSPS) is 14.4. The molecule has 0 spiro atoms. The van der Waals surface area contributed by atoms with Crippen molar-refractivity contribution in [3.8, 4) is 0 Å². The van der Waals surface area contributed by atoms with E-state index in [1.54, 1.807) is 0 Å². The van der Waals surface area contributed by atoms with Crippen LogP contribution in [0.2, 0.25) is 0 Å². The van der Waals surface area contributed by atoms with Crippen LogP contribution < -0.4 is 15.9 Å². The van der Waals surface area contributed by atoms with E-state index < -0.39 is 5.31 Å². The Bertz CT molecular complexity index is 704. The summed E-state index contributed by atoms with van der Waals surface area (Å²) in [5.41, 5.74) is 0. The van der Waals surface area contributed by atoms with Crippen molar-refractivity contribution >= 4 is 36.7 Å². The predicted octanol–water partition coefficient (Wildman–Crippen LogP) is 4.60. The van der Waals surface area contributed by atoms with Gasteiger partial charge in [-0.15, -0.1) is 0 Å².